The van der Waals surface area contributed by atoms with Crippen molar-refractivity contribution in [3.8, 4) is 28.3 Å². The molecule has 1 fully saturated rings. The standard InChI is InChI=1S/C28H31FN6O4S/c1-4-12-40(36,37)34-22-7-5-6-20(24(22)29)18-14-21-25(23(15-18)38-3)32-27(19-13-17(2)26(30)31-16-19)33-28(21)35-8-10-39-11-9-35/h5-7,13-16,34H,4,8-12H2,1-3H3,(H2,30,31). The number of halogens is 1. The van der Waals surface area contributed by atoms with Gasteiger partial charge in [-0.3, -0.25) is 4.72 Å². The zero-order chi connectivity index (χ0) is 28.4. The van der Waals surface area contributed by atoms with Gasteiger partial charge in [0.1, 0.15) is 22.9 Å². The number of anilines is 3. The number of rotatable bonds is 8. The SMILES string of the molecule is CCCS(=O)(=O)Nc1cccc(-c2cc(OC)c3nc(-c4cnc(N)c(C)c4)nc(N4CCOCC4)c3c2)c1F. The van der Waals surface area contributed by atoms with Crippen LogP contribution in [0.5, 0.6) is 5.75 Å². The third-order valence-electron chi connectivity index (χ3n) is 6.70. The fourth-order valence-electron chi connectivity index (χ4n) is 4.67. The van der Waals surface area contributed by atoms with Crippen LogP contribution in [0.3, 0.4) is 0 Å². The van der Waals surface area contributed by atoms with Crippen LogP contribution in [0.2, 0.25) is 0 Å². The number of sulfonamides is 1. The maximum absolute atomic E-state index is 15.7. The molecule has 5 rings (SSSR count). The minimum Gasteiger partial charge on any atom is -0.494 e. The number of morpholine rings is 1. The molecule has 2 aromatic carbocycles. The number of fused-ring (bicyclic) bond motifs is 1. The summed E-state index contributed by atoms with van der Waals surface area (Å²) in [6.07, 6.45) is 2.05. The molecule has 0 saturated carbocycles. The number of nitrogens with zero attached hydrogens (tertiary/aromatic N) is 4. The molecular formula is C28H31FN6O4S. The summed E-state index contributed by atoms with van der Waals surface area (Å²) < 4.78 is 54.1. The highest BCUT2D eigenvalue weighted by Crippen LogP contribution is 2.39. The highest BCUT2D eigenvalue weighted by molar-refractivity contribution is 7.92. The Morgan fingerprint density at radius 3 is 2.62 bits per heavy atom. The first kappa shape index (κ1) is 27.5. The number of hydrogen-bond donors (Lipinski definition) is 2. The van der Waals surface area contributed by atoms with Crippen molar-refractivity contribution in [3.63, 3.8) is 0 Å². The number of pyridine rings is 1. The van der Waals surface area contributed by atoms with Crippen LogP contribution < -0.4 is 20.1 Å². The summed E-state index contributed by atoms with van der Waals surface area (Å²) in [7, 11) is -2.15. The van der Waals surface area contributed by atoms with Gasteiger partial charge >= 0.3 is 0 Å². The van der Waals surface area contributed by atoms with Crippen LogP contribution in [0.15, 0.2) is 42.6 Å². The number of aromatic nitrogens is 3. The summed E-state index contributed by atoms with van der Waals surface area (Å²) in [5, 5.41) is 0.663. The Morgan fingerprint density at radius 1 is 1.15 bits per heavy atom. The van der Waals surface area contributed by atoms with E-state index in [1.54, 1.807) is 31.3 Å². The summed E-state index contributed by atoms with van der Waals surface area (Å²) >= 11 is 0. The smallest absolute Gasteiger partial charge is 0.232 e. The monoisotopic (exact) mass is 566 g/mol. The molecule has 210 valence electrons. The van der Waals surface area contributed by atoms with Gasteiger partial charge in [-0.15, -0.1) is 0 Å². The zero-order valence-electron chi connectivity index (χ0n) is 22.6. The van der Waals surface area contributed by atoms with Gasteiger partial charge in [0.05, 0.1) is 31.8 Å². The average Bonchev–Trinajstić information content (AvgIpc) is 2.94. The lowest BCUT2D eigenvalue weighted by Gasteiger charge is -2.29. The second-order valence-electron chi connectivity index (χ2n) is 9.56. The number of nitrogens with two attached hydrogens (primary N) is 1. The molecule has 0 spiro atoms. The number of nitrogens with one attached hydrogen (secondary N) is 1. The zero-order valence-corrected chi connectivity index (χ0v) is 23.4. The number of aryl methyl sites for hydroxylation is 1. The Balaban J connectivity index is 1.70. The van der Waals surface area contributed by atoms with Crippen LogP contribution in [0.4, 0.5) is 21.7 Å². The van der Waals surface area contributed by atoms with Gasteiger partial charge in [-0.2, -0.15) is 0 Å². The van der Waals surface area contributed by atoms with Crippen LogP contribution in [-0.2, 0) is 14.8 Å². The minimum absolute atomic E-state index is 0.105. The molecule has 3 heterocycles. The van der Waals surface area contributed by atoms with Crippen molar-refractivity contribution in [3.05, 3.63) is 54.0 Å². The van der Waals surface area contributed by atoms with Gasteiger partial charge in [0.2, 0.25) is 10.0 Å². The second-order valence-corrected chi connectivity index (χ2v) is 11.4. The van der Waals surface area contributed by atoms with Gasteiger partial charge in [-0.25, -0.2) is 27.8 Å². The van der Waals surface area contributed by atoms with Crippen molar-refractivity contribution in [2.45, 2.75) is 20.3 Å². The van der Waals surface area contributed by atoms with Crippen LogP contribution >= 0.6 is 0 Å². The summed E-state index contributed by atoms with van der Waals surface area (Å²) in [6, 6.07) is 9.99. The summed E-state index contributed by atoms with van der Waals surface area (Å²) in [6.45, 7) is 5.91. The first-order valence-electron chi connectivity index (χ1n) is 12.9. The van der Waals surface area contributed by atoms with Gasteiger partial charge in [0, 0.05) is 35.8 Å². The fourth-order valence-corrected chi connectivity index (χ4v) is 5.80. The van der Waals surface area contributed by atoms with Gasteiger partial charge in [0.25, 0.3) is 0 Å². The molecule has 10 nitrogen and oxygen atoms in total. The van der Waals surface area contributed by atoms with Gasteiger partial charge in [-0.05, 0) is 48.7 Å². The van der Waals surface area contributed by atoms with E-state index < -0.39 is 15.8 Å². The predicted molar refractivity (Wildman–Crippen MR) is 155 cm³/mol. The molecule has 4 aromatic rings. The third kappa shape index (κ3) is 5.50. The van der Waals surface area contributed by atoms with Crippen LogP contribution in [0.1, 0.15) is 18.9 Å². The first-order valence-corrected chi connectivity index (χ1v) is 14.6. The van der Waals surface area contributed by atoms with E-state index in [0.29, 0.717) is 78.0 Å². The minimum atomic E-state index is -3.68. The lowest BCUT2D eigenvalue weighted by Crippen LogP contribution is -2.37. The Kier molecular flexibility index (Phi) is 7.72. The van der Waals surface area contributed by atoms with Crippen molar-refractivity contribution >= 4 is 38.2 Å². The van der Waals surface area contributed by atoms with Crippen LogP contribution in [0, 0.1) is 12.7 Å². The molecule has 12 heteroatoms. The molecule has 40 heavy (non-hydrogen) atoms. The van der Waals surface area contributed by atoms with Crippen LogP contribution in [0.25, 0.3) is 33.4 Å². The van der Waals surface area contributed by atoms with E-state index in [1.807, 2.05) is 19.1 Å². The van der Waals surface area contributed by atoms with E-state index in [-0.39, 0.29) is 17.0 Å². The third-order valence-corrected chi connectivity index (χ3v) is 8.18. The van der Waals surface area contributed by atoms with Crippen molar-refractivity contribution in [2.75, 3.05) is 54.5 Å². The fraction of sp³-hybridized carbons (Fsp3) is 0.321. The second kappa shape index (κ2) is 11.2. The molecule has 0 bridgehead atoms. The average molecular weight is 567 g/mol. The molecule has 1 aliphatic heterocycles. The molecular weight excluding hydrogens is 535 g/mol. The highest BCUT2D eigenvalue weighted by atomic mass is 32.2. The van der Waals surface area contributed by atoms with E-state index in [0.717, 1.165) is 5.56 Å². The lowest BCUT2D eigenvalue weighted by atomic mass is 10.0. The van der Waals surface area contributed by atoms with Crippen molar-refractivity contribution < 1.29 is 22.3 Å². The quantitative estimate of drug-likeness (QED) is 0.319. The normalized spacial score (nSPS) is 13.9. The molecule has 3 N–H and O–H groups in total. The van der Waals surface area contributed by atoms with Gasteiger partial charge < -0.3 is 20.1 Å². The van der Waals surface area contributed by atoms with Gasteiger partial charge in [0.15, 0.2) is 11.6 Å². The van der Waals surface area contributed by atoms with E-state index in [4.69, 9.17) is 25.2 Å². The number of nitrogen functional groups attached to an aromatic ring is 1. The molecule has 0 amide bonds. The Hall–Kier alpha value is -4.03. The maximum atomic E-state index is 15.7. The summed E-state index contributed by atoms with van der Waals surface area (Å²) in [4.78, 5) is 16.1. The largest absolute Gasteiger partial charge is 0.494 e. The molecule has 0 unspecified atom stereocenters. The topological polar surface area (TPSA) is 133 Å². The Bertz CT molecular complexity index is 1680. The van der Waals surface area contributed by atoms with E-state index >= 15 is 4.39 Å². The first-order chi connectivity index (χ1) is 19.2. The number of ether oxygens (including phenoxy) is 2. The molecule has 1 aliphatic rings. The number of hydrogen-bond acceptors (Lipinski definition) is 9. The summed E-state index contributed by atoms with van der Waals surface area (Å²) in [5.41, 5.74) is 8.58. The van der Waals surface area contributed by atoms with Crippen molar-refractivity contribution in [1.82, 2.24) is 15.0 Å². The summed E-state index contributed by atoms with van der Waals surface area (Å²) in [5.74, 6) is 1.17. The maximum Gasteiger partial charge on any atom is 0.232 e. The number of benzene rings is 2. The molecule has 1 saturated heterocycles. The van der Waals surface area contributed by atoms with Gasteiger partial charge in [-0.1, -0.05) is 19.1 Å². The van der Waals surface area contributed by atoms with Crippen molar-refractivity contribution in [2.24, 2.45) is 0 Å². The molecule has 0 atom stereocenters. The molecule has 2 aromatic heterocycles. The highest BCUT2D eigenvalue weighted by Gasteiger charge is 2.23. The Morgan fingerprint density at radius 2 is 1.93 bits per heavy atom. The number of methoxy groups -OCH3 is 1. The lowest BCUT2D eigenvalue weighted by molar-refractivity contribution is 0.122. The van der Waals surface area contributed by atoms with E-state index in [2.05, 4.69) is 14.6 Å². The molecule has 0 aliphatic carbocycles. The molecule has 0 radical (unpaired) electrons. The van der Waals surface area contributed by atoms with Crippen LogP contribution in [-0.4, -0.2) is 62.5 Å². The predicted octanol–water partition coefficient (Wildman–Crippen LogP) is 4.39. The van der Waals surface area contributed by atoms with E-state index in [9.17, 15) is 8.42 Å². The Labute approximate surface area is 232 Å². The van der Waals surface area contributed by atoms with E-state index in [1.165, 1.54) is 13.2 Å². The van der Waals surface area contributed by atoms with Crippen molar-refractivity contribution in [1.29, 1.82) is 0 Å².